The Morgan fingerprint density at radius 1 is 1.00 bits per heavy atom. The predicted octanol–water partition coefficient (Wildman–Crippen LogP) is 3.28. The molecule has 0 amide bonds. The quantitative estimate of drug-likeness (QED) is 0.727. The number of hydrogen-bond acceptors (Lipinski definition) is 2. The van der Waals surface area contributed by atoms with E-state index < -0.39 is 0 Å². The summed E-state index contributed by atoms with van der Waals surface area (Å²) in [4.78, 5) is 0. The average Bonchev–Trinajstić information content (AvgIpc) is 2.74. The van der Waals surface area contributed by atoms with Crippen molar-refractivity contribution < 1.29 is 0 Å². The second-order valence-electron chi connectivity index (χ2n) is 4.30. The summed E-state index contributed by atoms with van der Waals surface area (Å²) in [6.07, 6.45) is 3.14. The van der Waals surface area contributed by atoms with Crippen LogP contribution in [0.5, 0.6) is 0 Å². The van der Waals surface area contributed by atoms with Crippen molar-refractivity contribution in [2.45, 2.75) is 6.42 Å². The number of nitrogen functional groups attached to an aromatic ring is 1. The fraction of sp³-hybridized carbons (Fsp3) is 0.0667. The molecular formula is C15H14N2. The molecule has 2 aromatic carbocycles. The van der Waals surface area contributed by atoms with E-state index in [1.165, 1.54) is 22.5 Å². The van der Waals surface area contributed by atoms with Crippen LogP contribution in [0.4, 0.5) is 11.4 Å². The van der Waals surface area contributed by atoms with Crippen LogP contribution < -0.4 is 11.1 Å². The van der Waals surface area contributed by atoms with E-state index in [1.807, 2.05) is 24.3 Å². The van der Waals surface area contributed by atoms with Gasteiger partial charge < -0.3 is 11.1 Å². The van der Waals surface area contributed by atoms with E-state index in [4.69, 9.17) is 5.73 Å². The molecule has 0 bridgehead atoms. The lowest BCUT2D eigenvalue weighted by atomic mass is 10.1. The standard InChI is InChI=1S/C15H14N2/c16-13-7-5-11(6-8-13)9-14-10-12-3-1-2-4-15(12)17-14/h1-9,17H,10,16H2. The van der Waals surface area contributed by atoms with Gasteiger partial charge in [0.25, 0.3) is 0 Å². The minimum atomic E-state index is 0.801. The molecule has 0 saturated carbocycles. The Labute approximate surface area is 101 Å². The lowest BCUT2D eigenvalue weighted by Crippen LogP contribution is -1.91. The molecule has 1 aliphatic rings. The maximum atomic E-state index is 5.67. The molecular weight excluding hydrogens is 208 g/mol. The number of para-hydroxylation sites is 1. The fourth-order valence-electron chi connectivity index (χ4n) is 2.10. The van der Waals surface area contributed by atoms with Crippen molar-refractivity contribution in [1.29, 1.82) is 0 Å². The summed E-state index contributed by atoms with van der Waals surface area (Å²) in [5.74, 6) is 0. The minimum Gasteiger partial charge on any atom is -0.399 e. The van der Waals surface area contributed by atoms with Crippen LogP contribution in [0.15, 0.2) is 54.2 Å². The minimum absolute atomic E-state index is 0.801. The molecule has 1 heterocycles. The Kier molecular flexibility index (Phi) is 2.33. The molecule has 3 rings (SSSR count). The number of nitrogens with two attached hydrogens (primary N) is 1. The Morgan fingerprint density at radius 3 is 2.53 bits per heavy atom. The Balaban J connectivity index is 1.87. The Bertz CT molecular complexity index is 541. The maximum Gasteiger partial charge on any atom is 0.0418 e. The zero-order valence-electron chi connectivity index (χ0n) is 9.48. The summed E-state index contributed by atoms with van der Waals surface area (Å²) < 4.78 is 0. The van der Waals surface area contributed by atoms with Crippen molar-refractivity contribution in [2.75, 3.05) is 11.1 Å². The topological polar surface area (TPSA) is 38.0 Å². The van der Waals surface area contributed by atoms with E-state index in [-0.39, 0.29) is 0 Å². The smallest absolute Gasteiger partial charge is 0.0418 e. The zero-order valence-corrected chi connectivity index (χ0v) is 9.48. The molecule has 0 aromatic heterocycles. The van der Waals surface area contributed by atoms with Gasteiger partial charge in [-0.05, 0) is 35.4 Å². The number of fused-ring (bicyclic) bond motifs is 1. The van der Waals surface area contributed by atoms with Gasteiger partial charge in [-0.2, -0.15) is 0 Å². The van der Waals surface area contributed by atoms with Gasteiger partial charge in [0.05, 0.1) is 0 Å². The van der Waals surface area contributed by atoms with Crippen molar-refractivity contribution in [3.63, 3.8) is 0 Å². The number of benzene rings is 2. The highest BCUT2D eigenvalue weighted by Gasteiger charge is 2.12. The zero-order chi connectivity index (χ0) is 11.7. The van der Waals surface area contributed by atoms with Gasteiger partial charge in [0.2, 0.25) is 0 Å². The van der Waals surface area contributed by atoms with Gasteiger partial charge in [-0.25, -0.2) is 0 Å². The van der Waals surface area contributed by atoms with Gasteiger partial charge in [0.1, 0.15) is 0 Å². The number of nitrogens with one attached hydrogen (secondary N) is 1. The molecule has 0 atom stereocenters. The predicted molar refractivity (Wildman–Crippen MR) is 72.6 cm³/mol. The Hall–Kier alpha value is -2.22. The van der Waals surface area contributed by atoms with Crippen molar-refractivity contribution in [3.05, 3.63) is 65.4 Å². The van der Waals surface area contributed by atoms with Crippen molar-refractivity contribution in [2.24, 2.45) is 0 Å². The van der Waals surface area contributed by atoms with Gasteiger partial charge in [0, 0.05) is 23.5 Å². The number of anilines is 2. The van der Waals surface area contributed by atoms with E-state index in [2.05, 4.69) is 35.7 Å². The molecule has 3 N–H and O–H groups in total. The second-order valence-corrected chi connectivity index (χ2v) is 4.30. The van der Waals surface area contributed by atoms with Gasteiger partial charge in [-0.1, -0.05) is 30.3 Å². The third-order valence-electron chi connectivity index (χ3n) is 2.97. The van der Waals surface area contributed by atoms with Crippen LogP contribution in [0.3, 0.4) is 0 Å². The monoisotopic (exact) mass is 222 g/mol. The highest BCUT2D eigenvalue weighted by atomic mass is 14.9. The first kappa shape index (κ1) is 9.97. The van der Waals surface area contributed by atoms with Crippen LogP contribution >= 0.6 is 0 Å². The summed E-state index contributed by atoms with van der Waals surface area (Å²) in [7, 11) is 0. The fourth-order valence-corrected chi connectivity index (χ4v) is 2.10. The third-order valence-corrected chi connectivity index (χ3v) is 2.97. The van der Waals surface area contributed by atoms with Crippen LogP contribution in [0.25, 0.3) is 6.08 Å². The van der Waals surface area contributed by atoms with Crippen LogP contribution in [0.2, 0.25) is 0 Å². The van der Waals surface area contributed by atoms with Crippen molar-refractivity contribution in [3.8, 4) is 0 Å². The first-order valence-corrected chi connectivity index (χ1v) is 5.72. The molecule has 2 aromatic rings. The highest BCUT2D eigenvalue weighted by Crippen LogP contribution is 2.28. The summed E-state index contributed by atoms with van der Waals surface area (Å²) in [6.45, 7) is 0. The van der Waals surface area contributed by atoms with E-state index >= 15 is 0 Å². The van der Waals surface area contributed by atoms with Crippen LogP contribution in [0.1, 0.15) is 11.1 Å². The Morgan fingerprint density at radius 2 is 1.76 bits per heavy atom. The first-order valence-electron chi connectivity index (χ1n) is 5.72. The van der Waals surface area contributed by atoms with Crippen LogP contribution in [-0.2, 0) is 6.42 Å². The van der Waals surface area contributed by atoms with E-state index in [0.717, 1.165) is 12.1 Å². The molecule has 0 unspecified atom stereocenters. The van der Waals surface area contributed by atoms with Gasteiger partial charge in [-0.3, -0.25) is 0 Å². The summed E-state index contributed by atoms with van der Waals surface area (Å²) in [6, 6.07) is 16.3. The molecule has 2 heteroatoms. The average molecular weight is 222 g/mol. The molecule has 84 valence electrons. The van der Waals surface area contributed by atoms with Gasteiger partial charge >= 0.3 is 0 Å². The molecule has 2 nitrogen and oxygen atoms in total. The third kappa shape index (κ3) is 2.02. The van der Waals surface area contributed by atoms with Gasteiger partial charge in [0.15, 0.2) is 0 Å². The second kappa shape index (κ2) is 3.98. The number of rotatable bonds is 1. The van der Waals surface area contributed by atoms with Crippen molar-refractivity contribution in [1.82, 2.24) is 0 Å². The largest absolute Gasteiger partial charge is 0.399 e. The lowest BCUT2D eigenvalue weighted by molar-refractivity contribution is 1.26. The molecule has 0 aliphatic carbocycles. The summed E-state index contributed by atoms with van der Waals surface area (Å²) >= 11 is 0. The van der Waals surface area contributed by atoms with E-state index in [1.54, 1.807) is 0 Å². The summed E-state index contributed by atoms with van der Waals surface area (Å²) in [5.41, 5.74) is 11.4. The maximum absolute atomic E-state index is 5.67. The molecule has 0 fully saturated rings. The molecule has 0 saturated heterocycles. The number of allylic oxidation sites excluding steroid dienone is 1. The SMILES string of the molecule is Nc1ccc(C=C2Cc3ccccc3N2)cc1. The van der Waals surface area contributed by atoms with Crippen LogP contribution in [-0.4, -0.2) is 0 Å². The van der Waals surface area contributed by atoms with E-state index in [0.29, 0.717) is 0 Å². The highest BCUT2D eigenvalue weighted by molar-refractivity contribution is 5.69. The lowest BCUT2D eigenvalue weighted by Gasteiger charge is -2.00. The number of hydrogen-bond donors (Lipinski definition) is 2. The van der Waals surface area contributed by atoms with Crippen LogP contribution in [0, 0.1) is 0 Å². The van der Waals surface area contributed by atoms with Gasteiger partial charge in [-0.15, -0.1) is 0 Å². The molecule has 0 radical (unpaired) electrons. The molecule has 0 spiro atoms. The molecule has 1 aliphatic heterocycles. The molecule has 17 heavy (non-hydrogen) atoms. The van der Waals surface area contributed by atoms with Crippen molar-refractivity contribution >= 4 is 17.5 Å². The first-order chi connectivity index (χ1) is 8.31. The van der Waals surface area contributed by atoms with E-state index in [9.17, 15) is 0 Å². The summed E-state index contributed by atoms with van der Waals surface area (Å²) in [5, 5.41) is 3.43. The normalized spacial score (nSPS) is 15.6.